The number of para-hydroxylation sites is 1. The van der Waals surface area contributed by atoms with Gasteiger partial charge in [-0.25, -0.2) is 0 Å². The van der Waals surface area contributed by atoms with E-state index in [1.165, 1.54) is 12.0 Å². The van der Waals surface area contributed by atoms with Crippen LogP contribution in [0.2, 0.25) is 0 Å². The Hall–Kier alpha value is -1.06. The van der Waals surface area contributed by atoms with Crippen LogP contribution in [-0.2, 0) is 4.74 Å². The lowest BCUT2D eigenvalue weighted by atomic mass is 10.0. The van der Waals surface area contributed by atoms with Gasteiger partial charge in [-0.1, -0.05) is 32.0 Å². The highest BCUT2D eigenvalue weighted by Crippen LogP contribution is 2.25. The molecule has 1 aromatic rings. The van der Waals surface area contributed by atoms with Gasteiger partial charge in [-0.15, -0.1) is 24.0 Å². The number of aliphatic imine (C=N–C) groups is 1. The summed E-state index contributed by atoms with van der Waals surface area (Å²) in [6, 6.07) is 8.91. The van der Waals surface area contributed by atoms with E-state index in [0.717, 1.165) is 57.6 Å². The highest BCUT2D eigenvalue weighted by Gasteiger charge is 2.30. The zero-order valence-electron chi connectivity index (χ0n) is 17.4. The van der Waals surface area contributed by atoms with Crippen LogP contribution >= 0.6 is 24.0 Å². The molecule has 158 valence electrons. The first-order chi connectivity index (χ1) is 13.2. The van der Waals surface area contributed by atoms with Crippen LogP contribution in [0.4, 0.5) is 0 Å². The monoisotopic (exact) mass is 502 g/mol. The summed E-state index contributed by atoms with van der Waals surface area (Å²) in [4.78, 5) is 9.39. The summed E-state index contributed by atoms with van der Waals surface area (Å²) >= 11 is 0. The lowest BCUT2D eigenvalue weighted by Gasteiger charge is -2.32. The smallest absolute Gasteiger partial charge is 0.193 e. The number of ether oxygens (including phenoxy) is 2. The van der Waals surface area contributed by atoms with Gasteiger partial charge in [0.15, 0.2) is 5.96 Å². The topological polar surface area (TPSA) is 49.3 Å². The Labute approximate surface area is 186 Å². The minimum absolute atomic E-state index is 0. The van der Waals surface area contributed by atoms with Gasteiger partial charge in [0, 0.05) is 39.3 Å². The summed E-state index contributed by atoms with van der Waals surface area (Å²) in [7, 11) is 1.86. The van der Waals surface area contributed by atoms with Gasteiger partial charge in [0.05, 0.1) is 19.8 Å². The molecule has 28 heavy (non-hydrogen) atoms. The molecule has 1 N–H and O–H groups in total. The van der Waals surface area contributed by atoms with Crippen LogP contribution in [0.3, 0.4) is 0 Å². The average molecular weight is 502 g/mol. The van der Waals surface area contributed by atoms with E-state index in [0.29, 0.717) is 18.6 Å². The van der Waals surface area contributed by atoms with E-state index in [9.17, 15) is 0 Å². The summed E-state index contributed by atoms with van der Waals surface area (Å²) in [6.07, 6.45) is 1.19. The van der Waals surface area contributed by atoms with Gasteiger partial charge < -0.3 is 19.7 Å². The van der Waals surface area contributed by atoms with Crippen molar-refractivity contribution in [2.75, 3.05) is 59.6 Å². The number of nitrogens with zero attached hydrogens (tertiary/aromatic N) is 3. The zero-order valence-corrected chi connectivity index (χ0v) is 19.7. The maximum atomic E-state index is 6.01. The summed E-state index contributed by atoms with van der Waals surface area (Å²) in [5.74, 6) is 2.42. The van der Waals surface area contributed by atoms with Crippen molar-refractivity contribution in [3.8, 4) is 5.75 Å². The number of nitrogens with one attached hydrogen (secondary N) is 1. The Balaban J connectivity index is 0.00000280. The van der Waals surface area contributed by atoms with E-state index >= 15 is 0 Å². The molecule has 6 nitrogen and oxygen atoms in total. The van der Waals surface area contributed by atoms with Crippen molar-refractivity contribution in [1.29, 1.82) is 0 Å². The molecule has 0 spiro atoms. The van der Waals surface area contributed by atoms with Gasteiger partial charge in [0.25, 0.3) is 0 Å². The molecule has 7 heteroatoms. The molecule has 1 atom stereocenters. The molecule has 2 aliphatic rings. The fourth-order valence-electron chi connectivity index (χ4n) is 3.92. The van der Waals surface area contributed by atoms with Gasteiger partial charge in [-0.05, 0) is 24.0 Å². The Kier molecular flexibility index (Phi) is 9.81. The third-order valence-electron chi connectivity index (χ3n) is 5.42. The molecular weight excluding hydrogens is 467 g/mol. The Morgan fingerprint density at radius 2 is 2.00 bits per heavy atom. The van der Waals surface area contributed by atoms with Gasteiger partial charge in [0.2, 0.25) is 0 Å². The summed E-state index contributed by atoms with van der Waals surface area (Å²) in [6.45, 7) is 11.7. The van der Waals surface area contributed by atoms with E-state index in [1.807, 2.05) is 13.1 Å². The van der Waals surface area contributed by atoms with Crippen molar-refractivity contribution in [2.45, 2.75) is 32.2 Å². The third-order valence-corrected chi connectivity index (χ3v) is 5.42. The van der Waals surface area contributed by atoms with Crippen molar-refractivity contribution in [2.24, 2.45) is 4.99 Å². The lowest BCUT2D eigenvalue weighted by molar-refractivity contribution is 0.0195. The normalized spacial score (nSPS) is 20.9. The number of morpholine rings is 1. The first-order valence-electron chi connectivity index (χ1n) is 10.2. The number of benzene rings is 1. The molecule has 0 amide bonds. The molecule has 1 aromatic carbocycles. The number of guanidine groups is 1. The van der Waals surface area contributed by atoms with Crippen LogP contribution < -0.4 is 10.1 Å². The molecule has 2 saturated heterocycles. The Morgan fingerprint density at radius 1 is 1.25 bits per heavy atom. The molecule has 0 bridgehead atoms. The van der Waals surface area contributed by atoms with Crippen molar-refractivity contribution < 1.29 is 9.47 Å². The number of hydrogen-bond acceptors (Lipinski definition) is 4. The Bertz CT molecular complexity index is 620. The summed E-state index contributed by atoms with van der Waals surface area (Å²) in [5, 5.41) is 3.46. The van der Waals surface area contributed by atoms with Crippen LogP contribution in [-0.4, -0.2) is 81.4 Å². The first kappa shape index (κ1) is 23.2. The van der Waals surface area contributed by atoms with E-state index in [1.54, 1.807) is 0 Å². The van der Waals surface area contributed by atoms with Crippen molar-refractivity contribution >= 4 is 29.9 Å². The molecule has 2 fully saturated rings. The lowest BCUT2D eigenvalue weighted by Crippen LogP contribution is -2.47. The van der Waals surface area contributed by atoms with Crippen molar-refractivity contribution in [3.05, 3.63) is 29.8 Å². The van der Waals surface area contributed by atoms with Crippen LogP contribution in [0.15, 0.2) is 29.3 Å². The third kappa shape index (κ3) is 6.22. The second-order valence-electron chi connectivity index (χ2n) is 7.55. The van der Waals surface area contributed by atoms with Gasteiger partial charge >= 0.3 is 0 Å². The molecule has 0 aliphatic carbocycles. The van der Waals surface area contributed by atoms with Crippen LogP contribution in [0, 0.1) is 0 Å². The SMILES string of the molecule is CN=C(NCCOc1ccccc1C(C)C)N1CCC(N2CCOCC2)C1.I. The van der Waals surface area contributed by atoms with E-state index < -0.39 is 0 Å². The number of halogens is 1. The fraction of sp³-hybridized carbons (Fsp3) is 0.667. The summed E-state index contributed by atoms with van der Waals surface area (Å²) in [5.41, 5.74) is 1.26. The highest BCUT2D eigenvalue weighted by atomic mass is 127. The molecule has 2 aliphatic heterocycles. The minimum atomic E-state index is 0. The number of likely N-dealkylation sites (tertiary alicyclic amines) is 1. The standard InChI is InChI=1S/C21H34N4O2.HI/c1-17(2)19-6-4-5-7-20(19)27-13-9-23-21(22-3)25-10-8-18(16-25)24-11-14-26-15-12-24;/h4-7,17-18H,8-16H2,1-3H3,(H,22,23);1H. The maximum Gasteiger partial charge on any atom is 0.193 e. The van der Waals surface area contributed by atoms with Gasteiger partial charge in [-0.2, -0.15) is 0 Å². The largest absolute Gasteiger partial charge is 0.491 e. The molecular formula is C21H35IN4O2. The van der Waals surface area contributed by atoms with Crippen molar-refractivity contribution in [1.82, 2.24) is 15.1 Å². The van der Waals surface area contributed by atoms with Crippen LogP contribution in [0.1, 0.15) is 31.7 Å². The molecule has 3 rings (SSSR count). The quantitative estimate of drug-likeness (QED) is 0.281. The fourth-order valence-corrected chi connectivity index (χ4v) is 3.92. The molecule has 0 aromatic heterocycles. The highest BCUT2D eigenvalue weighted by molar-refractivity contribution is 14.0. The first-order valence-corrected chi connectivity index (χ1v) is 10.2. The van der Waals surface area contributed by atoms with Gasteiger partial charge in [-0.3, -0.25) is 9.89 Å². The van der Waals surface area contributed by atoms with Crippen molar-refractivity contribution in [3.63, 3.8) is 0 Å². The van der Waals surface area contributed by atoms with E-state index in [-0.39, 0.29) is 24.0 Å². The van der Waals surface area contributed by atoms with Crippen LogP contribution in [0.25, 0.3) is 0 Å². The minimum Gasteiger partial charge on any atom is -0.491 e. The second-order valence-corrected chi connectivity index (χ2v) is 7.55. The predicted octanol–water partition coefficient (Wildman–Crippen LogP) is 2.79. The molecule has 0 radical (unpaired) electrons. The number of hydrogen-bond donors (Lipinski definition) is 1. The predicted molar refractivity (Wildman–Crippen MR) is 125 cm³/mol. The molecule has 2 heterocycles. The van der Waals surface area contributed by atoms with E-state index in [4.69, 9.17) is 9.47 Å². The van der Waals surface area contributed by atoms with Gasteiger partial charge in [0.1, 0.15) is 12.4 Å². The Morgan fingerprint density at radius 3 is 2.71 bits per heavy atom. The number of rotatable bonds is 6. The van der Waals surface area contributed by atoms with Crippen LogP contribution in [0.5, 0.6) is 5.75 Å². The average Bonchev–Trinajstić information content (AvgIpc) is 3.19. The molecule has 0 saturated carbocycles. The molecule has 1 unspecified atom stereocenters. The zero-order chi connectivity index (χ0) is 19.1. The second kappa shape index (κ2) is 11.8. The summed E-state index contributed by atoms with van der Waals surface area (Å²) < 4.78 is 11.5. The van der Waals surface area contributed by atoms with E-state index in [2.05, 4.69) is 52.2 Å². The maximum absolute atomic E-state index is 6.01.